The number of amides is 1. The van der Waals surface area contributed by atoms with Gasteiger partial charge >= 0.3 is 0 Å². The Kier molecular flexibility index (Phi) is 4.96. The van der Waals surface area contributed by atoms with E-state index in [1.165, 1.54) is 30.6 Å². The Morgan fingerprint density at radius 2 is 2.04 bits per heavy atom. The highest BCUT2D eigenvalue weighted by molar-refractivity contribution is 5.94. The first-order chi connectivity index (χ1) is 13.7. The summed E-state index contributed by atoms with van der Waals surface area (Å²) in [6.45, 7) is 1.29. The van der Waals surface area contributed by atoms with Gasteiger partial charge in [0.15, 0.2) is 5.65 Å². The summed E-state index contributed by atoms with van der Waals surface area (Å²) in [5, 5.41) is 11.1. The van der Waals surface area contributed by atoms with Gasteiger partial charge in [0.2, 0.25) is 0 Å². The third-order valence-electron chi connectivity index (χ3n) is 4.16. The van der Waals surface area contributed by atoms with Crippen LogP contribution in [0.3, 0.4) is 0 Å². The van der Waals surface area contributed by atoms with E-state index in [2.05, 4.69) is 25.7 Å². The fourth-order valence-corrected chi connectivity index (χ4v) is 2.76. The molecule has 0 aliphatic rings. The predicted molar refractivity (Wildman–Crippen MR) is 100 cm³/mol. The Labute approximate surface area is 159 Å². The van der Waals surface area contributed by atoms with E-state index in [1.54, 1.807) is 17.1 Å². The van der Waals surface area contributed by atoms with Crippen LogP contribution >= 0.6 is 0 Å². The fraction of sp³-hybridized carbons (Fsp3) is 0.158. The van der Waals surface area contributed by atoms with Gasteiger partial charge in [-0.05, 0) is 36.4 Å². The molecule has 0 unspecified atom stereocenters. The molecule has 28 heavy (non-hydrogen) atoms. The standard InChI is InChI=1S/C19H17FN6O2/c20-14-5-3-13(4-6-14)19(27)21-7-8-26-18-16(11-25-26)17(23-12-24-18)22-10-15-2-1-9-28-15/h1-6,9,11-12H,7-8,10H2,(H,21,27)(H,22,23,24). The number of benzene rings is 1. The summed E-state index contributed by atoms with van der Waals surface area (Å²) in [5.41, 5.74) is 1.06. The van der Waals surface area contributed by atoms with Crippen LogP contribution in [0.4, 0.5) is 10.2 Å². The Hall–Kier alpha value is -3.75. The Balaban J connectivity index is 1.39. The van der Waals surface area contributed by atoms with E-state index < -0.39 is 0 Å². The van der Waals surface area contributed by atoms with Crippen molar-refractivity contribution in [2.24, 2.45) is 0 Å². The molecule has 0 radical (unpaired) electrons. The first-order valence-electron chi connectivity index (χ1n) is 8.67. The Bertz CT molecular complexity index is 1080. The van der Waals surface area contributed by atoms with Gasteiger partial charge < -0.3 is 15.1 Å². The number of furan rings is 1. The number of nitrogens with zero attached hydrogens (tertiary/aromatic N) is 4. The monoisotopic (exact) mass is 380 g/mol. The molecule has 9 heteroatoms. The molecule has 0 bridgehead atoms. The molecule has 0 fully saturated rings. The third kappa shape index (κ3) is 3.83. The lowest BCUT2D eigenvalue weighted by molar-refractivity contribution is 0.0952. The SMILES string of the molecule is O=C(NCCn1ncc2c(NCc3ccco3)ncnc21)c1ccc(F)cc1. The number of aromatic nitrogens is 4. The lowest BCUT2D eigenvalue weighted by atomic mass is 10.2. The molecule has 0 aliphatic carbocycles. The molecule has 8 nitrogen and oxygen atoms in total. The minimum absolute atomic E-state index is 0.271. The number of hydrogen-bond acceptors (Lipinski definition) is 6. The van der Waals surface area contributed by atoms with Crippen LogP contribution in [0.5, 0.6) is 0 Å². The van der Waals surface area contributed by atoms with Crippen molar-refractivity contribution >= 4 is 22.8 Å². The molecule has 0 saturated carbocycles. The number of fused-ring (bicyclic) bond motifs is 1. The largest absolute Gasteiger partial charge is 0.467 e. The topological polar surface area (TPSA) is 97.9 Å². The van der Waals surface area contributed by atoms with Crippen molar-refractivity contribution < 1.29 is 13.6 Å². The van der Waals surface area contributed by atoms with Crippen LogP contribution in [-0.4, -0.2) is 32.2 Å². The molecule has 1 aromatic carbocycles. The molecular weight excluding hydrogens is 363 g/mol. The zero-order chi connectivity index (χ0) is 19.3. The summed E-state index contributed by atoms with van der Waals surface area (Å²) < 4.78 is 19.9. The molecule has 4 rings (SSSR count). The number of halogens is 1. The molecule has 0 aliphatic heterocycles. The molecule has 3 aromatic heterocycles. The second-order valence-corrected chi connectivity index (χ2v) is 6.02. The average Bonchev–Trinajstić information content (AvgIpc) is 3.37. The van der Waals surface area contributed by atoms with Crippen molar-refractivity contribution in [1.29, 1.82) is 0 Å². The van der Waals surface area contributed by atoms with E-state index in [0.717, 1.165) is 11.1 Å². The van der Waals surface area contributed by atoms with Gasteiger partial charge in [0.25, 0.3) is 5.91 Å². The highest BCUT2D eigenvalue weighted by atomic mass is 19.1. The Morgan fingerprint density at radius 1 is 1.18 bits per heavy atom. The van der Waals surface area contributed by atoms with Crippen molar-refractivity contribution in [3.63, 3.8) is 0 Å². The van der Waals surface area contributed by atoms with E-state index in [-0.39, 0.29) is 11.7 Å². The molecule has 0 saturated heterocycles. The van der Waals surface area contributed by atoms with Gasteiger partial charge in [0.1, 0.15) is 23.7 Å². The number of carbonyl (C=O) groups is 1. The van der Waals surface area contributed by atoms with Gasteiger partial charge in [-0.3, -0.25) is 4.79 Å². The lowest BCUT2D eigenvalue weighted by Crippen LogP contribution is -2.27. The average molecular weight is 380 g/mol. The van der Waals surface area contributed by atoms with Gasteiger partial charge in [-0.25, -0.2) is 19.0 Å². The van der Waals surface area contributed by atoms with Crippen LogP contribution in [0.1, 0.15) is 16.1 Å². The van der Waals surface area contributed by atoms with Crippen molar-refractivity contribution in [1.82, 2.24) is 25.1 Å². The molecule has 3 heterocycles. The summed E-state index contributed by atoms with van der Waals surface area (Å²) in [5.74, 6) is 0.799. The van der Waals surface area contributed by atoms with Gasteiger partial charge in [-0.2, -0.15) is 5.10 Å². The number of anilines is 1. The third-order valence-corrected chi connectivity index (χ3v) is 4.16. The summed E-state index contributed by atoms with van der Waals surface area (Å²) in [6.07, 6.45) is 4.76. The molecule has 142 valence electrons. The number of carbonyl (C=O) groups excluding carboxylic acids is 1. The zero-order valence-electron chi connectivity index (χ0n) is 14.8. The van der Waals surface area contributed by atoms with E-state index in [1.807, 2.05) is 12.1 Å². The minimum atomic E-state index is -0.379. The maximum Gasteiger partial charge on any atom is 0.251 e. The normalized spacial score (nSPS) is 10.9. The molecule has 2 N–H and O–H groups in total. The number of rotatable bonds is 7. The van der Waals surface area contributed by atoms with Gasteiger partial charge in [-0.1, -0.05) is 0 Å². The summed E-state index contributed by atoms with van der Waals surface area (Å²) in [7, 11) is 0. The van der Waals surface area contributed by atoms with Crippen LogP contribution in [0, 0.1) is 5.82 Å². The summed E-state index contributed by atoms with van der Waals surface area (Å²) in [6, 6.07) is 9.09. The lowest BCUT2D eigenvalue weighted by Gasteiger charge is -2.07. The van der Waals surface area contributed by atoms with Gasteiger partial charge in [0, 0.05) is 12.1 Å². The molecule has 4 aromatic rings. The van der Waals surface area contributed by atoms with Crippen molar-refractivity contribution in [2.45, 2.75) is 13.1 Å². The molecular formula is C19H17FN6O2. The van der Waals surface area contributed by atoms with Crippen LogP contribution in [-0.2, 0) is 13.1 Å². The maximum atomic E-state index is 12.9. The van der Waals surface area contributed by atoms with Gasteiger partial charge in [0.05, 0.1) is 30.9 Å². The highest BCUT2D eigenvalue weighted by Crippen LogP contribution is 2.19. The van der Waals surface area contributed by atoms with E-state index in [4.69, 9.17) is 4.42 Å². The van der Waals surface area contributed by atoms with Crippen LogP contribution in [0.2, 0.25) is 0 Å². The molecule has 1 amide bonds. The van der Waals surface area contributed by atoms with Gasteiger partial charge in [-0.15, -0.1) is 0 Å². The second kappa shape index (κ2) is 7.87. The van der Waals surface area contributed by atoms with Crippen LogP contribution < -0.4 is 10.6 Å². The summed E-state index contributed by atoms with van der Waals surface area (Å²) >= 11 is 0. The highest BCUT2D eigenvalue weighted by Gasteiger charge is 2.11. The number of nitrogens with one attached hydrogen (secondary N) is 2. The van der Waals surface area contributed by atoms with Crippen molar-refractivity contribution in [3.05, 3.63) is 72.3 Å². The van der Waals surface area contributed by atoms with E-state index >= 15 is 0 Å². The fourth-order valence-electron chi connectivity index (χ4n) is 2.76. The Morgan fingerprint density at radius 3 is 2.82 bits per heavy atom. The molecule has 0 spiro atoms. The quantitative estimate of drug-likeness (QED) is 0.511. The first-order valence-corrected chi connectivity index (χ1v) is 8.67. The predicted octanol–water partition coefficient (Wildman–Crippen LogP) is 2.60. The zero-order valence-corrected chi connectivity index (χ0v) is 14.8. The first kappa shape index (κ1) is 17.7. The summed E-state index contributed by atoms with van der Waals surface area (Å²) in [4.78, 5) is 20.6. The maximum absolute atomic E-state index is 12.9. The smallest absolute Gasteiger partial charge is 0.251 e. The van der Waals surface area contributed by atoms with Crippen LogP contribution in [0.15, 0.2) is 59.6 Å². The molecule has 0 atom stereocenters. The van der Waals surface area contributed by atoms with Crippen molar-refractivity contribution in [3.8, 4) is 0 Å². The van der Waals surface area contributed by atoms with Crippen LogP contribution in [0.25, 0.3) is 11.0 Å². The van der Waals surface area contributed by atoms with E-state index in [0.29, 0.717) is 36.7 Å². The van der Waals surface area contributed by atoms with Crippen molar-refractivity contribution in [2.75, 3.05) is 11.9 Å². The van der Waals surface area contributed by atoms with E-state index in [9.17, 15) is 9.18 Å². The second-order valence-electron chi connectivity index (χ2n) is 6.02. The minimum Gasteiger partial charge on any atom is -0.467 e. The number of hydrogen-bond donors (Lipinski definition) is 2.